The van der Waals surface area contributed by atoms with E-state index in [4.69, 9.17) is 10.00 Å². The Labute approximate surface area is 153 Å². The molecule has 1 aliphatic carbocycles. The molecule has 0 amide bonds. The Kier molecular flexibility index (Phi) is 8.28. The van der Waals surface area contributed by atoms with Gasteiger partial charge in [-0.2, -0.15) is 0 Å². The molecule has 3 atom stereocenters. The lowest BCUT2D eigenvalue weighted by molar-refractivity contribution is 0.109. The maximum Gasteiger partial charge on any atom is 0.292 e. The Morgan fingerprint density at radius 2 is 1.92 bits per heavy atom. The molecule has 0 radical (unpaired) electrons. The summed E-state index contributed by atoms with van der Waals surface area (Å²) in [7, 11) is 0. The van der Waals surface area contributed by atoms with E-state index < -0.39 is 0 Å². The highest BCUT2D eigenvalue weighted by Gasteiger charge is 2.34. The second kappa shape index (κ2) is 10.5. The number of hydrogen-bond donors (Lipinski definition) is 1. The smallest absolute Gasteiger partial charge is 0.292 e. The molecule has 1 N–H and O–H groups in total. The molecule has 25 heavy (non-hydrogen) atoms. The van der Waals surface area contributed by atoms with Gasteiger partial charge in [0.15, 0.2) is 0 Å². The minimum atomic E-state index is -0.139. The van der Waals surface area contributed by atoms with Crippen molar-refractivity contribution < 1.29 is 9.84 Å². The summed E-state index contributed by atoms with van der Waals surface area (Å²) >= 11 is 0. The van der Waals surface area contributed by atoms with Crippen molar-refractivity contribution >= 4 is 0 Å². The zero-order valence-corrected chi connectivity index (χ0v) is 15.8. The first-order valence-electron chi connectivity index (χ1n) is 9.99. The molecule has 138 valence electrons. The lowest BCUT2D eigenvalue weighted by Gasteiger charge is -2.23. The number of nitrogens with zero attached hydrogens (tertiary/aromatic N) is 1. The molecule has 1 aromatic rings. The fraction of sp³-hybridized carbons (Fsp3) is 0.682. The van der Waals surface area contributed by atoms with Crippen LogP contribution in [-0.2, 0) is 6.42 Å². The minimum Gasteiger partial charge on any atom is -0.393 e. The van der Waals surface area contributed by atoms with Gasteiger partial charge < -0.3 is 9.84 Å². The number of unbranched alkanes of at least 4 members (excludes halogenated alkanes) is 5. The van der Waals surface area contributed by atoms with E-state index in [1.165, 1.54) is 44.1 Å². The van der Waals surface area contributed by atoms with E-state index in [0.29, 0.717) is 17.6 Å². The van der Waals surface area contributed by atoms with E-state index in [2.05, 4.69) is 13.0 Å². The molecular formula is C22H33NO2. The van der Waals surface area contributed by atoms with Gasteiger partial charge in [0.2, 0.25) is 0 Å². The van der Waals surface area contributed by atoms with Gasteiger partial charge in [-0.1, -0.05) is 57.6 Å². The first-order chi connectivity index (χ1) is 12.2. The molecule has 0 bridgehead atoms. The van der Waals surface area contributed by atoms with E-state index in [-0.39, 0.29) is 6.10 Å². The van der Waals surface area contributed by atoms with Crippen LogP contribution in [0.2, 0.25) is 0 Å². The molecule has 0 spiro atoms. The van der Waals surface area contributed by atoms with Crippen LogP contribution in [0, 0.1) is 30.3 Å². The van der Waals surface area contributed by atoms with Crippen molar-refractivity contribution in [1.82, 2.24) is 0 Å². The summed E-state index contributed by atoms with van der Waals surface area (Å²) < 4.78 is 5.06. The number of benzene rings is 1. The topological polar surface area (TPSA) is 53.2 Å². The summed E-state index contributed by atoms with van der Waals surface area (Å²) in [5.74, 6) is 1.62. The van der Waals surface area contributed by atoms with Crippen LogP contribution in [0.1, 0.15) is 75.8 Å². The summed E-state index contributed by atoms with van der Waals surface area (Å²) in [6, 6.07) is 5.94. The number of rotatable bonds is 10. The van der Waals surface area contributed by atoms with Crippen molar-refractivity contribution in [2.45, 2.75) is 84.2 Å². The molecule has 0 heterocycles. The van der Waals surface area contributed by atoms with E-state index >= 15 is 0 Å². The number of nitriles is 1. The molecular weight excluding hydrogens is 310 g/mol. The van der Waals surface area contributed by atoms with Crippen molar-refractivity contribution in [2.75, 3.05) is 0 Å². The zero-order valence-electron chi connectivity index (χ0n) is 15.8. The van der Waals surface area contributed by atoms with Gasteiger partial charge in [-0.05, 0) is 61.6 Å². The fourth-order valence-corrected chi connectivity index (χ4v) is 4.29. The zero-order chi connectivity index (χ0) is 18.1. The van der Waals surface area contributed by atoms with E-state index in [0.717, 1.165) is 31.2 Å². The van der Waals surface area contributed by atoms with Crippen molar-refractivity contribution in [2.24, 2.45) is 11.8 Å². The lowest BCUT2D eigenvalue weighted by atomic mass is 9.84. The van der Waals surface area contributed by atoms with Crippen molar-refractivity contribution in [3.05, 3.63) is 29.3 Å². The molecule has 1 aliphatic rings. The average molecular weight is 344 g/mol. The van der Waals surface area contributed by atoms with Crippen LogP contribution in [0.15, 0.2) is 18.2 Å². The summed E-state index contributed by atoms with van der Waals surface area (Å²) in [4.78, 5) is 0. The van der Waals surface area contributed by atoms with Gasteiger partial charge in [0.25, 0.3) is 6.26 Å². The van der Waals surface area contributed by atoms with Crippen molar-refractivity contribution in [3.63, 3.8) is 0 Å². The Balaban J connectivity index is 1.90. The molecule has 1 saturated carbocycles. The van der Waals surface area contributed by atoms with Gasteiger partial charge >= 0.3 is 0 Å². The summed E-state index contributed by atoms with van der Waals surface area (Å²) in [6.45, 7) is 4.27. The largest absolute Gasteiger partial charge is 0.393 e. The molecule has 2 rings (SSSR count). The molecule has 0 aromatic heterocycles. The Hall–Kier alpha value is -1.53. The van der Waals surface area contributed by atoms with E-state index in [1.54, 1.807) is 6.26 Å². The molecule has 1 unspecified atom stereocenters. The Morgan fingerprint density at radius 1 is 1.16 bits per heavy atom. The molecule has 3 heteroatoms. The number of hydrogen-bond acceptors (Lipinski definition) is 3. The summed E-state index contributed by atoms with van der Waals surface area (Å²) in [6.07, 6.45) is 13.6. The summed E-state index contributed by atoms with van der Waals surface area (Å²) in [5.41, 5.74) is 2.31. The van der Waals surface area contributed by atoms with Crippen molar-refractivity contribution in [1.29, 1.82) is 5.26 Å². The first-order valence-corrected chi connectivity index (χ1v) is 9.99. The third-order valence-corrected chi connectivity index (χ3v) is 5.86. The molecule has 1 aromatic carbocycles. The quantitative estimate of drug-likeness (QED) is 0.448. The van der Waals surface area contributed by atoms with Crippen molar-refractivity contribution in [3.8, 4) is 12.0 Å². The molecule has 0 saturated heterocycles. The molecule has 1 fully saturated rings. The monoisotopic (exact) mass is 343 g/mol. The third-order valence-electron chi connectivity index (χ3n) is 5.86. The highest BCUT2D eigenvalue weighted by atomic mass is 16.5. The molecule has 0 aliphatic heterocycles. The predicted molar refractivity (Wildman–Crippen MR) is 101 cm³/mol. The van der Waals surface area contributed by atoms with Gasteiger partial charge in [0, 0.05) is 0 Å². The standard InChI is InChI=1S/C22H33NO2/c1-3-4-5-6-7-8-11-20-19(13-14-21(20)24)15-18-10-9-12-22(17(18)2)25-16-23/h9-10,12,19-21,24H,3-8,11,13-15H2,1-2H3/t19-,20?,21-/m1/s1. The highest BCUT2D eigenvalue weighted by Crippen LogP contribution is 2.39. The van der Waals surface area contributed by atoms with Crippen LogP contribution in [0.25, 0.3) is 0 Å². The SMILES string of the molecule is CCCCCCCCC1[C@@H](Cc2cccc(OC#N)c2C)CC[C@H]1O. The van der Waals surface area contributed by atoms with Gasteiger partial charge in [-0.25, -0.2) is 0 Å². The molecule has 3 nitrogen and oxygen atoms in total. The number of aliphatic hydroxyl groups is 1. The fourth-order valence-electron chi connectivity index (χ4n) is 4.29. The van der Waals surface area contributed by atoms with E-state index in [9.17, 15) is 5.11 Å². The van der Waals surface area contributed by atoms with Crippen LogP contribution < -0.4 is 4.74 Å². The second-order valence-electron chi connectivity index (χ2n) is 7.56. The van der Waals surface area contributed by atoms with Crippen LogP contribution in [0.4, 0.5) is 0 Å². The Morgan fingerprint density at radius 3 is 2.68 bits per heavy atom. The van der Waals surface area contributed by atoms with E-state index in [1.807, 2.05) is 19.1 Å². The maximum absolute atomic E-state index is 10.4. The first kappa shape index (κ1) is 19.8. The van der Waals surface area contributed by atoms with Crippen LogP contribution in [0.5, 0.6) is 5.75 Å². The average Bonchev–Trinajstić information content (AvgIpc) is 2.95. The number of aliphatic hydroxyl groups excluding tert-OH is 1. The van der Waals surface area contributed by atoms with Gasteiger partial charge in [0.1, 0.15) is 5.75 Å². The number of ether oxygens (including phenoxy) is 1. The van der Waals surface area contributed by atoms with Gasteiger partial charge in [-0.15, -0.1) is 5.26 Å². The van der Waals surface area contributed by atoms with Crippen LogP contribution >= 0.6 is 0 Å². The van der Waals surface area contributed by atoms with Crippen LogP contribution in [0.3, 0.4) is 0 Å². The van der Waals surface area contributed by atoms with Gasteiger partial charge in [0.05, 0.1) is 6.10 Å². The third kappa shape index (κ3) is 5.75. The highest BCUT2D eigenvalue weighted by molar-refractivity contribution is 5.40. The minimum absolute atomic E-state index is 0.139. The summed E-state index contributed by atoms with van der Waals surface area (Å²) in [5, 5.41) is 19.2. The van der Waals surface area contributed by atoms with Crippen LogP contribution in [-0.4, -0.2) is 11.2 Å². The second-order valence-corrected chi connectivity index (χ2v) is 7.56. The lowest BCUT2D eigenvalue weighted by Crippen LogP contribution is -2.21. The Bertz CT molecular complexity index is 564. The normalized spacial score (nSPS) is 22.7. The predicted octanol–water partition coefficient (Wildman–Crippen LogP) is 5.54. The maximum atomic E-state index is 10.4. The van der Waals surface area contributed by atoms with Gasteiger partial charge in [-0.3, -0.25) is 0 Å².